The van der Waals surface area contributed by atoms with E-state index < -0.39 is 12.0 Å². The van der Waals surface area contributed by atoms with E-state index in [-0.39, 0.29) is 6.42 Å². The number of hydrogen-bond donors (Lipinski definition) is 2. The zero-order chi connectivity index (χ0) is 13.8. The summed E-state index contributed by atoms with van der Waals surface area (Å²) in [6, 6.07) is 7.72. The number of benzene rings is 1. The molecule has 1 fully saturated rings. The van der Waals surface area contributed by atoms with Crippen molar-refractivity contribution in [1.82, 2.24) is 4.90 Å². The summed E-state index contributed by atoms with van der Waals surface area (Å²) in [5.41, 5.74) is 8.15. The molecule has 4 nitrogen and oxygen atoms in total. The summed E-state index contributed by atoms with van der Waals surface area (Å²) in [5, 5.41) is 8.81. The Morgan fingerprint density at radius 3 is 2.79 bits per heavy atom. The van der Waals surface area contributed by atoms with Crippen molar-refractivity contribution in [3.63, 3.8) is 0 Å². The van der Waals surface area contributed by atoms with Crippen LogP contribution in [0, 0.1) is 0 Å². The van der Waals surface area contributed by atoms with Crippen LogP contribution < -0.4 is 5.73 Å². The van der Waals surface area contributed by atoms with Crippen LogP contribution in [0.5, 0.6) is 0 Å². The minimum absolute atomic E-state index is 0.0170. The number of piperidine rings is 1. The van der Waals surface area contributed by atoms with Gasteiger partial charge in [0.1, 0.15) is 0 Å². The topological polar surface area (TPSA) is 66.6 Å². The quantitative estimate of drug-likeness (QED) is 0.870. The van der Waals surface area contributed by atoms with Gasteiger partial charge in [0.2, 0.25) is 0 Å². The van der Waals surface area contributed by atoms with Crippen molar-refractivity contribution in [1.29, 1.82) is 0 Å². The molecule has 2 rings (SSSR count). The molecule has 1 aliphatic rings. The molecule has 4 heteroatoms. The molecule has 0 aromatic heterocycles. The van der Waals surface area contributed by atoms with E-state index in [2.05, 4.69) is 24.1 Å². The van der Waals surface area contributed by atoms with Gasteiger partial charge in [-0.25, -0.2) is 0 Å². The Morgan fingerprint density at radius 2 is 2.16 bits per heavy atom. The summed E-state index contributed by atoms with van der Waals surface area (Å²) >= 11 is 0. The smallest absolute Gasteiger partial charge is 0.305 e. The summed E-state index contributed by atoms with van der Waals surface area (Å²) in [6.07, 6.45) is 2.30. The highest BCUT2D eigenvalue weighted by atomic mass is 16.4. The molecule has 0 saturated carbocycles. The van der Waals surface area contributed by atoms with Crippen molar-refractivity contribution < 1.29 is 9.90 Å². The molecule has 1 saturated heterocycles. The molecule has 1 unspecified atom stereocenters. The van der Waals surface area contributed by atoms with Crippen LogP contribution in [0.15, 0.2) is 24.3 Å². The van der Waals surface area contributed by atoms with E-state index in [1.165, 1.54) is 5.56 Å². The number of rotatable bonds is 4. The second-order valence-corrected chi connectivity index (χ2v) is 5.45. The Bertz CT molecular complexity index is 440. The second-order valence-electron chi connectivity index (χ2n) is 5.45. The van der Waals surface area contributed by atoms with Crippen molar-refractivity contribution in [3.8, 4) is 0 Å². The van der Waals surface area contributed by atoms with Crippen molar-refractivity contribution >= 4 is 5.97 Å². The summed E-state index contributed by atoms with van der Waals surface area (Å²) in [4.78, 5) is 13.1. The average molecular weight is 262 g/mol. The Labute approximate surface area is 114 Å². The van der Waals surface area contributed by atoms with E-state index in [1.807, 2.05) is 12.1 Å². The zero-order valence-corrected chi connectivity index (χ0v) is 11.4. The lowest BCUT2D eigenvalue weighted by Crippen LogP contribution is -2.29. The van der Waals surface area contributed by atoms with Gasteiger partial charge in [-0.15, -0.1) is 0 Å². The summed E-state index contributed by atoms with van der Waals surface area (Å²) in [6.45, 7) is 2.24. The van der Waals surface area contributed by atoms with Crippen LogP contribution in [-0.2, 0) is 4.79 Å². The van der Waals surface area contributed by atoms with E-state index in [0.717, 1.165) is 31.5 Å². The lowest BCUT2D eigenvalue weighted by Gasteiger charge is -2.29. The molecular weight excluding hydrogens is 240 g/mol. The first-order valence-corrected chi connectivity index (χ1v) is 6.82. The molecule has 1 heterocycles. The average Bonchev–Trinajstić information content (AvgIpc) is 2.39. The maximum absolute atomic E-state index is 10.7. The third kappa shape index (κ3) is 3.78. The fourth-order valence-corrected chi connectivity index (χ4v) is 2.69. The molecule has 3 N–H and O–H groups in total. The molecule has 0 bridgehead atoms. The van der Waals surface area contributed by atoms with Gasteiger partial charge in [-0.05, 0) is 50.0 Å². The number of nitrogens with zero attached hydrogens (tertiary/aromatic N) is 1. The molecule has 0 aliphatic carbocycles. The number of hydrogen-bond acceptors (Lipinski definition) is 3. The Balaban J connectivity index is 2.08. The monoisotopic (exact) mass is 262 g/mol. The largest absolute Gasteiger partial charge is 0.481 e. The number of carboxylic acids is 1. The summed E-state index contributed by atoms with van der Waals surface area (Å²) in [7, 11) is 2.15. The Kier molecular flexibility index (Phi) is 4.56. The lowest BCUT2D eigenvalue weighted by molar-refractivity contribution is -0.137. The van der Waals surface area contributed by atoms with E-state index in [4.69, 9.17) is 10.8 Å². The molecule has 0 amide bonds. The second kappa shape index (κ2) is 6.17. The molecule has 1 aromatic carbocycles. The van der Waals surface area contributed by atoms with Crippen molar-refractivity contribution in [3.05, 3.63) is 35.4 Å². The highest BCUT2D eigenvalue weighted by Crippen LogP contribution is 2.29. The standard InChI is InChI=1S/C15H22N2O2/c1-17-7-5-11(6-8-17)12-3-2-4-13(9-12)14(16)10-15(18)19/h2-4,9,11,14H,5-8,10,16H2,1H3,(H,18,19). The Hall–Kier alpha value is -1.39. The van der Waals surface area contributed by atoms with Crippen LogP contribution >= 0.6 is 0 Å². The van der Waals surface area contributed by atoms with Crippen LogP contribution in [0.25, 0.3) is 0 Å². The predicted molar refractivity (Wildman–Crippen MR) is 75.1 cm³/mol. The first kappa shape index (κ1) is 14.0. The third-order valence-corrected chi connectivity index (χ3v) is 3.92. The lowest BCUT2D eigenvalue weighted by atomic mass is 9.88. The van der Waals surface area contributed by atoms with E-state index in [9.17, 15) is 4.79 Å². The van der Waals surface area contributed by atoms with Crippen LogP contribution in [0.1, 0.15) is 42.3 Å². The zero-order valence-electron chi connectivity index (χ0n) is 11.4. The van der Waals surface area contributed by atoms with E-state index in [1.54, 1.807) is 0 Å². The van der Waals surface area contributed by atoms with Gasteiger partial charge in [-0.3, -0.25) is 4.79 Å². The summed E-state index contributed by atoms with van der Waals surface area (Å²) < 4.78 is 0. The molecule has 0 spiro atoms. The van der Waals surface area contributed by atoms with Crippen LogP contribution in [0.3, 0.4) is 0 Å². The molecule has 0 radical (unpaired) electrons. The molecule has 1 aliphatic heterocycles. The molecular formula is C15H22N2O2. The van der Waals surface area contributed by atoms with Gasteiger partial charge >= 0.3 is 5.97 Å². The highest BCUT2D eigenvalue weighted by molar-refractivity contribution is 5.67. The Morgan fingerprint density at radius 1 is 1.47 bits per heavy atom. The van der Waals surface area contributed by atoms with Gasteiger partial charge in [0.15, 0.2) is 0 Å². The SMILES string of the molecule is CN1CCC(c2cccc(C(N)CC(=O)O)c2)CC1. The van der Waals surface area contributed by atoms with Crippen molar-refractivity contribution in [2.75, 3.05) is 20.1 Å². The number of carboxylic acid groups (broad SMARTS) is 1. The van der Waals surface area contributed by atoms with Gasteiger partial charge < -0.3 is 15.7 Å². The third-order valence-electron chi connectivity index (χ3n) is 3.92. The van der Waals surface area contributed by atoms with Gasteiger partial charge in [-0.2, -0.15) is 0 Å². The molecule has 104 valence electrons. The number of aliphatic carboxylic acids is 1. The first-order chi connectivity index (χ1) is 9.06. The fourth-order valence-electron chi connectivity index (χ4n) is 2.69. The minimum atomic E-state index is -0.850. The van der Waals surface area contributed by atoms with Crippen LogP contribution in [-0.4, -0.2) is 36.1 Å². The number of likely N-dealkylation sites (tertiary alicyclic amines) is 1. The van der Waals surface area contributed by atoms with Crippen molar-refractivity contribution in [2.45, 2.75) is 31.2 Å². The van der Waals surface area contributed by atoms with Gasteiger partial charge in [0.05, 0.1) is 6.42 Å². The summed E-state index contributed by atoms with van der Waals surface area (Å²) in [5.74, 6) is -0.273. The van der Waals surface area contributed by atoms with Crippen molar-refractivity contribution in [2.24, 2.45) is 5.73 Å². The maximum Gasteiger partial charge on any atom is 0.305 e. The van der Waals surface area contributed by atoms with Crippen LogP contribution in [0.4, 0.5) is 0 Å². The van der Waals surface area contributed by atoms with E-state index in [0.29, 0.717) is 5.92 Å². The maximum atomic E-state index is 10.7. The number of carbonyl (C=O) groups is 1. The normalized spacial score (nSPS) is 19.3. The van der Waals surface area contributed by atoms with E-state index >= 15 is 0 Å². The molecule has 1 aromatic rings. The van der Waals surface area contributed by atoms with Gasteiger partial charge in [0.25, 0.3) is 0 Å². The highest BCUT2D eigenvalue weighted by Gasteiger charge is 2.19. The first-order valence-electron chi connectivity index (χ1n) is 6.82. The van der Waals surface area contributed by atoms with Gasteiger partial charge in [0, 0.05) is 6.04 Å². The molecule has 19 heavy (non-hydrogen) atoms. The van der Waals surface area contributed by atoms with Gasteiger partial charge in [-0.1, -0.05) is 24.3 Å². The van der Waals surface area contributed by atoms with Crippen LogP contribution in [0.2, 0.25) is 0 Å². The predicted octanol–water partition coefficient (Wildman–Crippen LogP) is 1.97. The fraction of sp³-hybridized carbons (Fsp3) is 0.533. The molecule has 1 atom stereocenters. The number of nitrogens with two attached hydrogens (primary N) is 1. The minimum Gasteiger partial charge on any atom is -0.481 e.